The SMILES string of the molecule is CN1CC[C@@H](C(=O)Nc2cnccc2Nc2ccccc2)S1(=O)=O. The van der Waals surface area contributed by atoms with Gasteiger partial charge in [-0.15, -0.1) is 0 Å². The molecule has 2 aromatic rings. The summed E-state index contributed by atoms with van der Waals surface area (Å²) in [5.41, 5.74) is 1.94. The van der Waals surface area contributed by atoms with Crippen molar-refractivity contribution in [2.75, 3.05) is 24.2 Å². The van der Waals surface area contributed by atoms with Crippen molar-refractivity contribution in [2.45, 2.75) is 11.7 Å². The molecule has 1 atom stereocenters. The topological polar surface area (TPSA) is 91.4 Å². The smallest absolute Gasteiger partial charge is 0.244 e. The minimum atomic E-state index is -3.58. The summed E-state index contributed by atoms with van der Waals surface area (Å²) < 4.78 is 25.5. The van der Waals surface area contributed by atoms with Gasteiger partial charge in [0, 0.05) is 25.5 Å². The molecule has 1 amide bonds. The van der Waals surface area contributed by atoms with Gasteiger partial charge in [0.15, 0.2) is 5.25 Å². The zero-order valence-electron chi connectivity index (χ0n) is 13.1. The molecule has 1 saturated heterocycles. The first-order chi connectivity index (χ1) is 11.5. The fraction of sp³-hybridized carbons (Fsp3) is 0.250. The van der Waals surface area contributed by atoms with Gasteiger partial charge in [-0.1, -0.05) is 18.2 Å². The lowest BCUT2D eigenvalue weighted by Crippen LogP contribution is -2.35. The van der Waals surface area contributed by atoms with Gasteiger partial charge >= 0.3 is 0 Å². The third kappa shape index (κ3) is 3.24. The van der Waals surface area contributed by atoms with Crippen molar-refractivity contribution in [1.29, 1.82) is 0 Å². The van der Waals surface area contributed by atoms with Crippen LogP contribution in [-0.2, 0) is 14.8 Å². The molecule has 1 aromatic heterocycles. The Morgan fingerprint density at radius 1 is 1.21 bits per heavy atom. The Morgan fingerprint density at radius 2 is 1.96 bits per heavy atom. The van der Waals surface area contributed by atoms with E-state index >= 15 is 0 Å². The second-order valence-electron chi connectivity index (χ2n) is 5.55. The number of pyridine rings is 1. The average molecular weight is 346 g/mol. The monoisotopic (exact) mass is 346 g/mol. The van der Waals surface area contributed by atoms with Crippen LogP contribution in [-0.4, -0.2) is 42.5 Å². The third-order valence-electron chi connectivity index (χ3n) is 3.92. The number of rotatable bonds is 4. The van der Waals surface area contributed by atoms with Crippen molar-refractivity contribution >= 4 is 33.0 Å². The molecule has 0 spiro atoms. The molecule has 3 rings (SSSR count). The summed E-state index contributed by atoms with van der Waals surface area (Å²) in [5, 5.41) is 4.80. The lowest BCUT2D eigenvalue weighted by Gasteiger charge is -2.15. The highest BCUT2D eigenvalue weighted by atomic mass is 32.2. The maximum Gasteiger partial charge on any atom is 0.244 e. The Bertz CT molecular complexity index is 839. The number of hydrogen-bond donors (Lipinski definition) is 2. The van der Waals surface area contributed by atoms with Gasteiger partial charge < -0.3 is 10.6 Å². The summed E-state index contributed by atoms with van der Waals surface area (Å²) in [6.07, 6.45) is 3.38. The number of para-hydroxylation sites is 1. The summed E-state index contributed by atoms with van der Waals surface area (Å²) >= 11 is 0. The number of hydrogen-bond acceptors (Lipinski definition) is 5. The van der Waals surface area contributed by atoms with Crippen molar-refractivity contribution in [2.24, 2.45) is 0 Å². The van der Waals surface area contributed by atoms with Crippen LogP contribution in [0.15, 0.2) is 48.8 Å². The van der Waals surface area contributed by atoms with Gasteiger partial charge in [0.2, 0.25) is 15.9 Å². The van der Waals surface area contributed by atoms with Crippen molar-refractivity contribution in [3.8, 4) is 0 Å². The van der Waals surface area contributed by atoms with E-state index < -0.39 is 21.2 Å². The molecule has 2 heterocycles. The fourth-order valence-electron chi connectivity index (χ4n) is 2.55. The van der Waals surface area contributed by atoms with E-state index in [4.69, 9.17) is 0 Å². The van der Waals surface area contributed by atoms with Crippen molar-refractivity contribution in [1.82, 2.24) is 9.29 Å². The van der Waals surface area contributed by atoms with Crippen LogP contribution < -0.4 is 10.6 Å². The van der Waals surface area contributed by atoms with Crippen LogP contribution in [0, 0.1) is 0 Å². The quantitative estimate of drug-likeness (QED) is 0.881. The highest BCUT2D eigenvalue weighted by molar-refractivity contribution is 7.90. The first-order valence-corrected chi connectivity index (χ1v) is 9.01. The van der Waals surface area contributed by atoms with Gasteiger partial charge in [0.05, 0.1) is 17.6 Å². The standard InChI is InChI=1S/C16H18N4O3S/c1-20-10-8-15(24(20,22)23)16(21)19-14-11-17-9-7-13(14)18-12-5-3-2-4-6-12/h2-7,9,11,15H,8,10H2,1H3,(H,17,18)(H,19,21)/t15-/m0/s1. The number of benzene rings is 1. The molecule has 2 N–H and O–H groups in total. The number of nitrogens with one attached hydrogen (secondary N) is 2. The van der Waals surface area contributed by atoms with Crippen LogP contribution in [0.2, 0.25) is 0 Å². The van der Waals surface area contributed by atoms with E-state index in [-0.39, 0.29) is 6.42 Å². The molecule has 0 aliphatic carbocycles. The lowest BCUT2D eigenvalue weighted by atomic mass is 10.2. The molecule has 0 bridgehead atoms. The van der Waals surface area contributed by atoms with E-state index in [0.717, 1.165) is 5.69 Å². The van der Waals surface area contributed by atoms with Crippen LogP contribution in [0.4, 0.5) is 17.1 Å². The number of nitrogens with zero attached hydrogens (tertiary/aromatic N) is 2. The molecule has 7 nitrogen and oxygen atoms in total. The predicted molar refractivity (Wildman–Crippen MR) is 92.5 cm³/mol. The molecule has 126 valence electrons. The van der Waals surface area contributed by atoms with E-state index in [1.54, 1.807) is 12.3 Å². The van der Waals surface area contributed by atoms with E-state index in [2.05, 4.69) is 15.6 Å². The molecule has 1 aliphatic rings. The molecule has 1 aromatic carbocycles. The average Bonchev–Trinajstić information content (AvgIpc) is 2.84. The van der Waals surface area contributed by atoms with Crippen molar-refractivity contribution in [3.05, 3.63) is 48.8 Å². The number of carbonyl (C=O) groups excluding carboxylic acids is 1. The molecule has 1 fully saturated rings. The normalized spacial score (nSPS) is 19.8. The summed E-state index contributed by atoms with van der Waals surface area (Å²) in [7, 11) is -2.10. The second kappa shape index (κ2) is 6.58. The molecule has 0 unspecified atom stereocenters. The molecule has 8 heteroatoms. The first-order valence-electron chi connectivity index (χ1n) is 7.50. The largest absolute Gasteiger partial charge is 0.354 e. The zero-order chi connectivity index (χ0) is 17.2. The lowest BCUT2D eigenvalue weighted by molar-refractivity contribution is -0.115. The summed E-state index contributed by atoms with van der Waals surface area (Å²) in [6, 6.07) is 11.2. The number of carbonyl (C=O) groups is 1. The van der Waals surface area contributed by atoms with Crippen molar-refractivity contribution < 1.29 is 13.2 Å². The van der Waals surface area contributed by atoms with E-state index in [9.17, 15) is 13.2 Å². The Morgan fingerprint density at radius 3 is 2.62 bits per heavy atom. The molecule has 0 saturated carbocycles. The fourth-order valence-corrected chi connectivity index (χ4v) is 4.08. The molecule has 24 heavy (non-hydrogen) atoms. The second-order valence-corrected chi connectivity index (χ2v) is 7.77. The first kappa shape index (κ1) is 16.4. The molecular weight excluding hydrogens is 328 g/mol. The van der Waals surface area contributed by atoms with Crippen LogP contribution in [0.1, 0.15) is 6.42 Å². The van der Waals surface area contributed by atoms with Crippen LogP contribution >= 0.6 is 0 Å². The summed E-state index contributed by atoms with van der Waals surface area (Å²) in [5.74, 6) is -0.538. The Kier molecular flexibility index (Phi) is 4.50. The zero-order valence-corrected chi connectivity index (χ0v) is 14.0. The maximum absolute atomic E-state index is 12.4. The van der Waals surface area contributed by atoms with Crippen LogP contribution in [0.5, 0.6) is 0 Å². The highest BCUT2D eigenvalue weighted by Gasteiger charge is 2.41. The van der Waals surface area contributed by atoms with E-state index in [1.807, 2.05) is 30.3 Å². The highest BCUT2D eigenvalue weighted by Crippen LogP contribution is 2.26. The van der Waals surface area contributed by atoms with Gasteiger partial charge in [-0.05, 0) is 24.6 Å². The number of sulfonamides is 1. The van der Waals surface area contributed by atoms with Gasteiger partial charge in [-0.25, -0.2) is 12.7 Å². The summed E-state index contributed by atoms with van der Waals surface area (Å²) in [4.78, 5) is 16.4. The van der Waals surface area contributed by atoms with Crippen LogP contribution in [0.3, 0.4) is 0 Å². The van der Waals surface area contributed by atoms with Crippen LogP contribution in [0.25, 0.3) is 0 Å². The number of aromatic nitrogens is 1. The van der Waals surface area contributed by atoms with Crippen molar-refractivity contribution in [3.63, 3.8) is 0 Å². The van der Waals surface area contributed by atoms with E-state index in [0.29, 0.717) is 17.9 Å². The molecule has 1 aliphatic heterocycles. The number of anilines is 3. The van der Waals surface area contributed by atoms with Gasteiger partial charge in [-0.2, -0.15) is 0 Å². The third-order valence-corrected chi connectivity index (χ3v) is 6.14. The molecule has 0 radical (unpaired) electrons. The number of amides is 1. The van der Waals surface area contributed by atoms with E-state index in [1.165, 1.54) is 17.5 Å². The van der Waals surface area contributed by atoms with Gasteiger partial charge in [0.25, 0.3) is 0 Å². The Balaban J connectivity index is 1.80. The molecular formula is C16H18N4O3S. The minimum Gasteiger partial charge on any atom is -0.354 e. The van der Waals surface area contributed by atoms with Gasteiger partial charge in [-0.3, -0.25) is 9.78 Å². The predicted octanol–water partition coefficient (Wildman–Crippen LogP) is 1.80. The Hall–Kier alpha value is -2.45. The summed E-state index contributed by atoms with van der Waals surface area (Å²) in [6.45, 7) is 0.350. The minimum absolute atomic E-state index is 0.284. The van der Waals surface area contributed by atoms with Gasteiger partial charge in [0.1, 0.15) is 0 Å². The maximum atomic E-state index is 12.4. The Labute approximate surface area is 140 Å².